The molecule has 10 heteroatoms. The number of fused-ring (bicyclic) bond motifs is 1. The van der Waals surface area contributed by atoms with Crippen molar-refractivity contribution < 1.29 is 30.5 Å². The van der Waals surface area contributed by atoms with Crippen molar-refractivity contribution in [1.29, 1.82) is 0 Å². The molecule has 2 rings (SSSR count). The van der Waals surface area contributed by atoms with E-state index in [0.717, 1.165) is 6.07 Å². The molecular formula is C12H7Cl2F3O4S. The third-order valence-electron chi connectivity index (χ3n) is 2.70. The van der Waals surface area contributed by atoms with Crippen LogP contribution in [0.3, 0.4) is 0 Å². The van der Waals surface area contributed by atoms with Gasteiger partial charge in [-0.3, -0.25) is 0 Å². The van der Waals surface area contributed by atoms with Gasteiger partial charge in [0, 0.05) is 10.8 Å². The van der Waals surface area contributed by atoms with Gasteiger partial charge in [-0.05, 0) is 24.3 Å². The second-order valence-corrected chi connectivity index (χ2v) is 6.33. The number of alkyl halides is 3. The summed E-state index contributed by atoms with van der Waals surface area (Å²) in [6, 6.07) is 5.14. The highest BCUT2D eigenvalue weighted by atomic mass is 35.5. The quantitative estimate of drug-likeness (QED) is 0.590. The largest absolute Gasteiger partial charge is 0.534 e. The Morgan fingerprint density at radius 2 is 1.41 bits per heavy atom. The van der Waals surface area contributed by atoms with Crippen LogP contribution in [0.1, 0.15) is 0 Å². The van der Waals surface area contributed by atoms with Gasteiger partial charge in [-0.1, -0.05) is 23.2 Å². The van der Waals surface area contributed by atoms with Crippen molar-refractivity contribution >= 4 is 44.1 Å². The molecule has 120 valence electrons. The Balaban J connectivity index is 2.58. The summed E-state index contributed by atoms with van der Waals surface area (Å²) >= 11 is 12.0. The van der Waals surface area contributed by atoms with Gasteiger partial charge in [-0.15, -0.1) is 0 Å². The number of hydrogen-bond donors (Lipinski definition) is 0. The maximum Gasteiger partial charge on any atom is 0.534 e. The Kier molecular flexibility index (Phi) is 4.38. The van der Waals surface area contributed by atoms with Crippen molar-refractivity contribution in [2.45, 2.75) is 5.51 Å². The van der Waals surface area contributed by atoms with E-state index in [1.54, 1.807) is 0 Å². The van der Waals surface area contributed by atoms with Gasteiger partial charge >= 0.3 is 15.6 Å². The van der Waals surface area contributed by atoms with Crippen LogP contribution in [0.4, 0.5) is 13.2 Å². The highest BCUT2D eigenvalue weighted by Gasteiger charge is 2.48. The normalized spacial score (nSPS) is 12.5. The molecule has 0 heterocycles. The van der Waals surface area contributed by atoms with Gasteiger partial charge in [-0.25, -0.2) is 0 Å². The van der Waals surface area contributed by atoms with E-state index in [4.69, 9.17) is 27.9 Å². The molecule has 0 spiro atoms. The molecule has 0 saturated carbocycles. The molecule has 0 amide bonds. The summed E-state index contributed by atoms with van der Waals surface area (Å²) < 4.78 is 68.1. The number of hydrogen-bond acceptors (Lipinski definition) is 4. The predicted octanol–water partition coefficient (Wildman–Crippen LogP) is 4.38. The van der Waals surface area contributed by atoms with Crippen LogP contribution in [0.5, 0.6) is 11.5 Å². The fraction of sp³-hybridized carbons (Fsp3) is 0.167. The maximum atomic E-state index is 12.3. The van der Waals surface area contributed by atoms with E-state index in [0.29, 0.717) is 11.1 Å². The molecule has 22 heavy (non-hydrogen) atoms. The zero-order valence-corrected chi connectivity index (χ0v) is 13.1. The van der Waals surface area contributed by atoms with E-state index in [9.17, 15) is 21.6 Å². The first-order valence-electron chi connectivity index (χ1n) is 5.54. The lowest BCUT2D eigenvalue weighted by Gasteiger charge is -2.13. The van der Waals surface area contributed by atoms with E-state index in [-0.39, 0.29) is 15.4 Å². The van der Waals surface area contributed by atoms with Crippen LogP contribution in [0.15, 0.2) is 24.3 Å². The lowest BCUT2D eigenvalue weighted by Crippen LogP contribution is -2.28. The lowest BCUT2D eigenvalue weighted by molar-refractivity contribution is -0.0500. The molecule has 0 aliphatic heterocycles. The number of ether oxygens (including phenoxy) is 1. The third-order valence-corrected chi connectivity index (χ3v) is 4.45. The van der Waals surface area contributed by atoms with Crippen molar-refractivity contribution in [1.82, 2.24) is 0 Å². The minimum absolute atomic E-state index is 0.187. The number of methoxy groups -OCH3 is 1. The Morgan fingerprint density at radius 3 is 1.86 bits per heavy atom. The van der Waals surface area contributed by atoms with Crippen LogP contribution < -0.4 is 8.92 Å². The molecule has 0 aliphatic carbocycles. The zero-order valence-electron chi connectivity index (χ0n) is 10.7. The molecule has 0 atom stereocenters. The van der Waals surface area contributed by atoms with Gasteiger partial charge in [0.1, 0.15) is 5.75 Å². The average molecular weight is 375 g/mol. The predicted molar refractivity (Wildman–Crippen MR) is 76.1 cm³/mol. The average Bonchev–Trinajstić information content (AvgIpc) is 2.41. The summed E-state index contributed by atoms with van der Waals surface area (Å²) in [7, 11) is -4.42. The van der Waals surface area contributed by atoms with E-state index in [1.807, 2.05) is 0 Å². The highest BCUT2D eigenvalue weighted by molar-refractivity contribution is 7.88. The first kappa shape index (κ1) is 17.0. The molecule has 0 N–H and O–H groups in total. The minimum atomic E-state index is -5.81. The van der Waals surface area contributed by atoms with Gasteiger partial charge in [-0.2, -0.15) is 21.6 Å². The minimum Gasteiger partial charge on any atom is -0.495 e. The number of benzene rings is 2. The molecule has 2 aromatic rings. The first-order valence-corrected chi connectivity index (χ1v) is 7.70. The van der Waals surface area contributed by atoms with Gasteiger partial charge in [0.05, 0.1) is 17.2 Å². The smallest absolute Gasteiger partial charge is 0.495 e. The van der Waals surface area contributed by atoms with Crippen molar-refractivity contribution in [3.63, 3.8) is 0 Å². The molecule has 0 aromatic heterocycles. The summed E-state index contributed by atoms with van der Waals surface area (Å²) in [6.45, 7) is 0. The van der Waals surface area contributed by atoms with Crippen molar-refractivity contribution in [3.8, 4) is 11.5 Å². The van der Waals surface area contributed by atoms with Crippen LogP contribution in [-0.4, -0.2) is 21.0 Å². The van der Waals surface area contributed by atoms with Crippen LogP contribution in [-0.2, 0) is 10.1 Å². The summed E-state index contributed by atoms with van der Waals surface area (Å²) in [5, 5.41) is 0.479. The van der Waals surface area contributed by atoms with Crippen molar-refractivity contribution in [2.75, 3.05) is 7.11 Å². The summed E-state index contributed by atoms with van der Waals surface area (Å²) in [5.74, 6) is -0.311. The van der Waals surface area contributed by atoms with Gasteiger partial charge in [0.15, 0.2) is 5.75 Å². The first-order chi connectivity index (χ1) is 10.1. The SMILES string of the molecule is COc1ccc2c(Cl)c(OS(=O)(=O)C(F)(F)F)ccc2c1Cl. The standard InChI is InChI=1S/C12H7Cl2F3O4S/c1-20-8-4-2-7-6(10(8)13)3-5-9(11(7)14)21-22(18,19)12(15,16)17/h2-5H,1H3. The van der Waals surface area contributed by atoms with Crippen LogP contribution in [0, 0.1) is 0 Å². The van der Waals surface area contributed by atoms with E-state index < -0.39 is 21.4 Å². The Bertz CT molecular complexity index is 834. The van der Waals surface area contributed by atoms with Crippen molar-refractivity contribution in [2.24, 2.45) is 0 Å². The molecule has 0 aliphatic rings. The molecule has 0 saturated heterocycles. The number of halogens is 5. The third kappa shape index (κ3) is 2.90. The fourth-order valence-corrected chi connectivity index (χ4v) is 2.77. The second kappa shape index (κ2) is 5.68. The fourth-order valence-electron chi connectivity index (χ4n) is 1.68. The zero-order chi connectivity index (χ0) is 16.7. The molecule has 0 bridgehead atoms. The van der Waals surface area contributed by atoms with Crippen LogP contribution in [0.25, 0.3) is 10.8 Å². The van der Waals surface area contributed by atoms with Gasteiger partial charge in [0.2, 0.25) is 0 Å². The molecule has 2 aromatic carbocycles. The second-order valence-electron chi connectivity index (χ2n) is 4.04. The monoisotopic (exact) mass is 374 g/mol. The van der Waals surface area contributed by atoms with E-state index in [2.05, 4.69) is 4.18 Å². The van der Waals surface area contributed by atoms with E-state index in [1.165, 1.54) is 25.3 Å². The Morgan fingerprint density at radius 1 is 0.955 bits per heavy atom. The van der Waals surface area contributed by atoms with E-state index >= 15 is 0 Å². The molecular weight excluding hydrogens is 368 g/mol. The molecule has 4 nitrogen and oxygen atoms in total. The van der Waals surface area contributed by atoms with Crippen LogP contribution in [0.2, 0.25) is 10.0 Å². The van der Waals surface area contributed by atoms with Crippen LogP contribution >= 0.6 is 23.2 Å². The Labute approximate surface area is 133 Å². The summed E-state index contributed by atoms with van der Waals surface area (Å²) in [5.41, 5.74) is -5.55. The maximum absolute atomic E-state index is 12.3. The lowest BCUT2D eigenvalue weighted by atomic mass is 10.1. The molecule has 0 fully saturated rings. The Hall–Kier alpha value is -1.38. The summed E-state index contributed by atoms with van der Waals surface area (Å²) in [4.78, 5) is 0. The summed E-state index contributed by atoms with van der Waals surface area (Å²) in [6.07, 6.45) is 0. The highest BCUT2D eigenvalue weighted by Crippen LogP contribution is 2.41. The van der Waals surface area contributed by atoms with Gasteiger partial charge < -0.3 is 8.92 Å². The van der Waals surface area contributed by atoms with Crippen molar-refractivity contribution in [3.05, 3.63) is 34.3 Å². The molecule has 0 radical (unpaired) electrons. The molecule has 0 unspecified atom stereocenters. The van der Waals surface area contributed by atoms with Gasteiger partial charge in [0.25, 0.3) is 0 Å². The number of rotatable bonds is 3. The topological polar surface area (TPSA) is 52.6 Å².